The molecule has 0 atom stereocenters. The summed E-state index contributed by atoms with van der Waals surface area (Å²) < 4.78 is 45.2. The number of ether oxygens (including phenoxy) is 1. The van der Waals surface area contributed by atoms with Crippen LogP contribution in [0.4, 0.5) is 18.9 Å². The van der Waals surface area contributed by atoms with E-state index >= 15 is 0 Å². The molecule has 0 spiro atoms. The molecule has 0 aliphatic carbocycles. The van der Waals surface area contributed by atoms with Crippen LogP contribution in [0.15, 0.2) is 60.7 Å². The first-order chi connectivity index (χ1) is 17.2. The minimum Gasteiger partial charge on any atom is -0.377 e. The van der Waals surface area contributed by atoms with E-state index in [1.165, 1.54) is 31.4 Å². The number of aromatic nitrogens is 2. The normalized spacial score (nSPS) is 11.5. The fourth-order valence-electron chi connectivity index (χ4n) is 3.66. The van der Waals surface area contributed by atoms with Gasteiger partial charge in [-0.3, -0.25) is 9.59 Å². The van der Waals surface area contributed by atoms with Gasteiger partial charge < -0.3 is 20.4 Å². The molecule has 0 bridgehead atoms. The molecule has 0 aliphatic heterocycles. The zero-order valence-electron chi connectivity index (χ0n) is 18.9. The number of halogens is 4. The molecule has 186 valence electrons. The highest BCUT2D eigenvalue weighted by Gasteiger charge is 2.35. The number of methoxy groups -OCH3 is 1. The number of aromatic amines is 1. The van der Waals surface area contributed by atoms with Crippen LogP contribution in [0.2, 0.25) is 5.02 Å². The van der Waals surface area contributed by atoms with Gasteiger partial charge in [-0.15, -0.1) is 0 Å². The van der Waals surface area contributed by atoms with E-state index in [2.05, 4.69) is 20.6 Å². The van der Waals surface area contributed by atoms with Crippen molar-refractivity contribution in [1.29, 1.82) is 0 Å². The highest BCUT2D eigenvalue weighted by molar-refractivity contribution is 6.31. The van der Waals surface area contributed by atoms with Gasteiger partial charge in [0, 0.05) is 24.4 Å². The van der Waals surface area contributed by atoms with Crippen LogP contribution in [0.5, 0.6) is 0 Å². The number of hydrogen-bond acceptors (Lipinski definition) is 4. The molecule has 0 radical (unpaired) electrons. The molecule has 0 saturated carbocycles. The number of hydrogen-bond donors (Lipinski definition) is 3. The van der Waals surface area contributed by atoms with Crippen molar-refractivity contribution in [1.82, 2.24) is 15.3 Å². The molecule has 1 heterocycles. The SMILES string of the molecule is COCc1nc2c(C(=O)NCc3ccccc3Cl)cc(NC(=O)c3ccccc3C(F)(F)F)cc2[nH]1. The lowest BCUT2D eigenvalue weighted by Crippen LogP contribution is -2.24. The molecule has 3 aromatic carbocycles. The number of nitrogens with one attached hydrogen (secondary N) is 3. The number of benzene rings is 3. The number of alkyl halides is 3. The average molecular weight is 517 g/mol. The Balaban J connectivity index is 1.67. The number of nitrogens with zero attached hydrogens (tertiary/aromatic N) is 1. The number of imidazole rings is 1. The Morgan fingerprint density at radius 3 is 2.47 bits per heavy atom. The summed E-state index contributed by atoms with van der Waals surface area (Å²) in [6.07, 6.45) is -4.71. The molecule has 3 N–H and O–H groups in total. The minimum atomic E-state index is -4.71. The first kappa shape index (κ1) is 25.2. The number of rotatable bonds is 7. The average Bonchev–Trinajstić information content (AvgIpc) is 3.25. The van der Waals surface area contributed by atoms with Crippen LogP contribution in [-0.2, 0) is 24.1 Å². The van der Waals surface area contributed by atoms with E-state index in [-0.39, 0.29) is 24.4 Å². The van der Waals surface area contributed by atoms with Crippen molar-refractivity contribution < 1.29 is 27.5 Å². The predicted molar refractivity (Wildman–Crippen MR) is 129 cm³/mol. The summed E-state index contributed by atoms with van der Waals surface area (Å²) in [5.74, 6) is -1.05. The second kappa shape index (κ2) is 10.4. The van der Waals surface area contributed by atoms with Crippen molar-refractivity contribution in [2.24, 2.45) is 0 Å². The van der Waals surface area contributed by atoms with E-state index in [0.717, 1.165) is 12.1 Å². The van der Waals surface area contributed by atoms with E-state index in [9.17, 15) is 22.8 Å². The first-order valence-electron chi connectivity index (χ1n) is 10.7. The third-order valence-electron chi connectivity index (χ3n) is 5.29. The minimum absolute atomic E-state index is 0.109. The van der Waals surface area contributed by atoms with Gasteiger partial charge in [0.25, 0.3) is 11.8 Å². The lowest BCUT2D eigenvalue weighted by atomic mass is 10.1. The van der Waals surface area contributed by atoms with Crippen LogP contribution in [0, 0.1) is 0 Å². The van der Waals surface area contributed by atoms with Crippen molar-refractivity contribution >= 4 is 40.1 Å². The highest BCUT2D eigenvalue weighted by atomic mass is 35.5. The Labute approximate surface area is 208 Å². The van der Waals surface area contributed by atoms with E-state index in [1.807, 2.05) is 0 Å². The van der Waals surface area contributed by atoms with Crippen molar-refractivity contribution in [3.8, 4) is 0 Å². The summed E-state index contributed by atoms with van der Waals surface area (Å²) in [4.78, 5) is 33.3. The van der Waals surface area contributed by atoms with Crippen LogP contribution < -0.4 is 10.6 Å². The number of H-pyrrole nitrogens is 1. The maximum absolute atomic E-state index is 13.4. The summed E-state index contributed by atoms with van der Waals surface area (Å²) in [7, 11) is 1.48. The van der Waals surface area contributed by atoms with Crippen LogP contribution in [0.1, 0.15) is 37.7 Å². The summed E-state index contributed by atoms with van der Waals surface area (Å²) in [5.41, 5.74) is 0.0144. The number of carbonyl (C=O) groups is 2. The Hall–Kier alpha value is -3.89. The summed E-state index contributed by atoms with van der Waals surface area (Å²) in [6, 6.07) is 14.3. The molecule has 0 fully saturated rings. The number of amides is 2. The maximum Gasteiger partial charge on any atom is 0.417 e. The molecule has 0 unspecified atom stereocenters. The third-order valence-corrected chi connectivity index (χ3v) is 5.66. The zero-order chi connectivity index (χ0) is 25.9. The smallest absolute Gasteiger partial charge is 0.377 e. The van der Waals surface area contributed by atoms with Gasteiger partial charge >= 0.3 is 6.18 Å². The molecule has 36 heavy (non-hydrogen) atoms. The van der Waals surface area contributed by atoms with Crippen LogP contribution >= 0.6 is 11.6 Å². The van der Waals surface area contributed by atoms with Gasteiger partial charge in [0.1, 0.15) is 17.9 Å². The number of anilines is 1. The molecule has 11 heteroatoms. The molecule has 1 aromatic heterocycles. The Morgan fingerprint density at radius 2 is 1.75 bits per heavy atom. The fourth-order valence-corrected chi connectivity index (χ4v) is 3.86. The van der Waals surface area contributed by atoms with E-state index in [0.29, 0.717) is 27.4 Å². The highest BCUT2D eigenvalue weighted by Crippen LogP contribution is 2.32. The van der Waals surface area contributed by atoms with Gasteiger partial charge in [-0.25, -0.2) is 4.98 Å². The van der Waals surface area contributed by atoms with Gasteiger partial charge in [0.15, 0.2) is 0 Å². The van der Waals surface area contributed by atoms with Crippen LogP contribution in [0.3, 0.4) is 0 Å². The van der Waals surface area contributed by atoms with Gasteiger partial charge in [-0.05, 0) is 35.9 Å². The van der Waals surface area contributed by atoms with Crippen molar-refractivity contribution in [2.75, 3.05) is 12.4 Å². The quantitative estimate of drug-likeness (QED) is 0.299. The monoisotopic (exact) mass is 516 g/mol. The van der Waals surface area contributed by atoms with Gasteiger partial charge in [-0.1, -0.05) is 41.9 Å². The largest absolute Gasteiger partial charge is 0.417 e. The van der Waals surface area contributed by atoms with Crippen molar-refractivity contribution in [2.45, 2.75) is 19.3 Å². The second-order valence-electron chi connectivity index (χ2n) is 7.81. The molecule has 0 aliphatic rings. The Kier molecular flexibility index (Phi) is 7.27. The summed E-state index contributed by atoms with van der Waals surface area (Å²) in [6.45, 7) is 0.265. The van der Waals surface area contributed by atoms with Crippen molar-refractivity contribution in [3.05, 3.63) is 93.8 Å². The first-order valence-corrected chi connectivity index (χ1v) is 11.1. The van der Waals surface area contributed by atoms with E-state index in [4.69, 9.17) is 16.3 Å². The third kappa shape index (κ3) is 5.50. The molecular formula is C25H20ClF3N4O3. The molecular weight excluding hydrogens is 497 g/mol. The lowest BCUT2D eigenvalue weighted by Gasteiger charge is -2.13. The topological polar surface area (TPSA) is 96.1 Å². The fraction of sp³-hybridized carbons (Fsp3) is 0.160. The van der Waals surface area contributed by atoms with E-state index in [1.54, 1.807) is 24.3 Å². The van der Waals surface area contributed by atoms with Crippen LogP contribution in [-0.4, -0.2) is 28.9 Å². The number of fused-ring (bicyclic) bond motifs is 1. The Bertz CT molecular complexity index is 1440. The molecule has 4 rings (SSSR count). The molecule has 0 saturated heterocycles. The van der Waals surface area contributed by atoms with Gasteiger partial charge in [0.05, 0.1) is 22.2 Å². The summed E-state index contributed by atoms with van der Waals surface area (Å²) in [5, 5.41) is 5.70. The Morgan fingerprint density at radius 1 is 1.03 bits per heavy atom. The van der Waals surface area contributed by atoms with Gasteiger partial charge in [0.2, 0.25) is 0 Å². The predicted octanol–water partition coefficient (Wildman–Crippen LogP) is 5.56. The van der Waals surface area contributed by atoms with Crippen molar-refractivity contribution in [3.63, 3.8) is 0 Å². The molecule has 4 aromatic rings. The standard InChI is InChI=1S/C25H20ClF3N4O3/c1-36-13-21-32-20-11-15(31-24(35)16-7-3-4-8-18(16)25(27,28)29)10-17(22(20)33-21)23(34)30-12-14-6-2-5-9-19(14)26/h2-11H,12-13H2,1H3,(H,30,34)(H,31,35)(H,32,33). The summed E-state index contributed by atoms with van der Waals surface area (Å²) >= 11 is 6.16. The van der Waals surface area contributed by atoms with E-state index < -0.39 is 29.1 Å². The lowest BCUT2D eigenvalue weighted by molar-refractivity contribution is -0.137. The molecule has 2 amide bonds. The zero-order valence-corrected chi connectivity index (χ0v) is 19.6. The number of carbonyl (C=O) groups excluding carboxylic acids is 2. The van der Waals surface area contributed by atoms with Gasteiger partial charge in [-0.2, -0.15) is 13.2 Å². The second-order valence-corrected chi connectivity index (χ2v) is 8.22. The van der Waals surface area contributed by atoms with Crippen LogP contribution in [0.25, 0.3) is 11.0 Å². The molecule has 7 nitrogen and oxygen atoms in total. The maximum atomic E-state index is 13.4.